The molecule has 1 amide bonds. The molecule has 0 saturated carbocycles. The normalized spacial score (nSPS) is 15.2. The minimum atomic E-state index is 0.164. The topological polar surface area (TPSA) is 80.3 Å². The number of rotatable bonds is 5. The Morgan fingerprint density at radius 1 is 1.15 bits per heavy atom. The molecule has 1 aromatic carbocycles. The summed E-state index contributed by atoms with van der Waals surface area (Å²) < 4.78 is 6.81. The molecular formula is C19H22N6O2. The zero-order valence-corrected chi connectivity index (χ0v) is 15.3. The highest BCUT2D eigenvalue weighted by molar-refractivity contribution is 5.79. The number of aryl methyl sites for hydroxylation is 1. The molecule has 27 heavy (non-hydrogen) atoms. The van der Waals surface area contributed by atoms with Gasteiger partial charge in [-0.1, -0.05) is 17.3 Å². The Hall–Kier alpha value is -3.00. The van der Waals surface area contributed by atoms with Crippen LogP contribution >= 0.6 is 0 Å². The zero-order chi connectivity index (χ0) is 18.6. The maximum absolute atomic E-state index is 12.6. The summed E-state index contributed by atoms with van der Waals surface area (Å²) in [5.41, 5.74) is 2.00. The highest BCUT2D eigenvalue weighted by Gasteiger charge is 2.22. The molecule has 2 aromatic heterocycles. The molecule has 0 spiro atoms. The average molecular weight is 366 g/mol. The fourth-order valence-electron chi connectivity index (χ4n) is 3.24. The standard InChI is InChI=1S/C19H22N6O2/c1-15-21-18(22-27-15)14-23-9-11-24(12-10-23)19(26)13-16-3-5-17(6-4-16)25-8-2-7-20-25/h2-8H,9-14H2,1H3. The monoisotopic (exact) mass is 366 g/mol. The van der Waals surface area contributed by atoms with Crippen molar-refractivity contribution in [3.05, 3.63) is 60.0 Å². The van der Waals surface area contributed by atoms with Crippen LogP contribution in [0.1, 0.15) is 17.3 Å². The molecule has 0 N–H and O–H groups in total. The van der Waals surface area contributed by atoms with Crippen molar-refractivity contribution in [3.8, 4) is 5.69 Å². The molecule has 0 radical (unpaired) electrons. The van der Waals surface area contributed by atoms with E-state index in [0.717, 1.165) is 37.4 Å². The van der Waals surface area contributed by atoms with E-state index in [9.17, 15) is 4.79 Å². The van der Waals surface area contributed by atoms with Gasteiger partial charge in [-0.15, -0.1) is 0 Å². The summed E-state index contributed by atoms with van der Waals surface area (Å²) in [4.78, 5) is 21.0. The van der Waals surface area contributed by atoms with Gasteiger partial charge in [0.15, 0.2) is 5.82 Å². The van der Waals surface area contributed by atoms with Crippen molar-refractivity contribution >= 4 is 5.91 Å². The van der Waals surface area contributed by atoms with Gasteiger partial charge in [0.05, 0.1) is 18.7 Å². The Morgan fingerprint density at radius 2 is 1.93 bits per heavy atom. The third-order valence-corrected chi connectivity index (χ3v) is 4.72. The highest BCUT2D eigenvalue weighted by atomic mass is 16.5. The summed E-state index contributed by atoms with van der Waals surface area (Å²) in [6, 6.07) is 9.84. The van der Waals surface area contributed by atoms with E-state index in [0.29, 0.717) is 24.7 Å². The minimum Gasteiger partial charge on any atom is -0.340 e. The summed E-state index contributed by atoms with van der Waals surface area (Å²) in [6.45, 7) is 5.53. The largest absolute Gasteiger partial charge is 0.340 e. The molecule has 0 aliphatic carbocycles. The van der Waals surface area contributed by atoms with Gasteiger partial charge in [0.25, 0.3) is 0 Å². The first-order valence-corrected chi connectivity index (χ1v) is 9.06. The van der Waals surface area contributed by atoms with Crippen molar-refractivity contribution in [1.29, 1.82) is 0 Å². The first-order valence-electron chi connectivity index (χ1n) is 9.06. The molecule has 1 saturated heterocycles. The van der Waals surface area contributed by atoms with Crippen molar-refractivity contribution in [3.63, 3.8) is 0 Å². The van der Waals surface area contributed by atoms with E-state index >= 15 is 0 Å². The van der Waals surface area contributed by atoms with Crippen molar-refractivity contribution in [2.24, 2.45) is 0 Å². The first-order chi connectivity index (χ1) is 13.2. The number of hydrogen-bond acceptors (Lipinski definition) is 6. The molecule has 1 aliphatic heterocycles. The highest BCUT2D eigenvalue weighted by Crippen LogP contribution is 2.12. The van der Waals surface area contributed by atoms with E-state index in [1.807, 2.05) is 41.4 Å². The van der Waals surface area contributed by atoms with E-state index in [1.165, 1.54) is 0 Å². The minimum absolute atomic E-state index is 0.164. The summed E-state index contributed by atoms with van der Waals surface area (Å²) in [6.07, 6.45) is 4.07. The van der Waals surface area contributed by atoms with Crippen LogP contribution in [0.2, 0.25) is 0 Å². The first kappa shape index (κ1) is 17.4. The van der Waals surface area contributed by atoms with Gasteiger partial charge in [0, 0.05) is 45.5 Å². The number of carbonyl (C=O) groups excluding carboxylic acids is 1. The van der Waals surface area contributed by atoms with Crippen LogP contribution in [0.3, 0.4) is 0 Å². The number of benzene rings is 1. The lowest BCUT2D eigenvalue weighted by Gasteiger charge is -2.34. The van der Waals surface area contributed by atoms with Crippen LogP contribution in [-0.4, -0.2) is 61.8 Å². The van der Waals surface area contributed by atoms with E-state index in [4.69, 9.17) is 4.52 Å². The number of aromatic nitrogens is 4. The molecule has 1 fully saturated rings. The average Bonchev–Trinajstić information content (AvgIpc) is 3.35. The third-order valence-electron chi connectivity index (χ3n) is 4.72. The van der Waals surface area contributed by atoms with Crippen LogP contribution in [0.4, 0.5) is 0 Å². The molecular weight excluding hydrogens is 344 g/mol. The van der Waals surface area contributed by atoms with Gasteiger partial charge in [-0.2, -0.15) is 10.1 Å². The Bertz CT molecular complexity index is 879. The molecule has 3 heterocycles. The molecule has 0 unspecified atom stereocenters. The smallest absolute Gasteiger partial charge is 0.227 e. The Kier molecular flexibility index (Phi) is 4.97. The zero-order valence-electron chi connectivity index (χ0n) is 15.3. The van der Waals surface area contributed by atoms with E-state index in [1.54, 1.807) is 17.8 Å². The Labute approximate surface area is 157 Å². The van der Waals surface area contributed by atoms with Crippen LogP contribution in [0, 0.1) is 6.92 Å². The van der Waals surface area contributed by atoms with Crippen molar-refractivity contribution < 1.29 is 9.32 Å². The van der Waals surface area contributed by atoms with Gasteiger partial charge >= 0.3 is 0 Å². The lowest BCUT2D eigenvalue weighted by Crippen LogP contribution is -2.48. The summed E-state index contributed by atoms with van der Waals surface area (Å²) in [5, 5.41) is 8.14. The predicted octanol–water partition coefficient (Wildman–Crippen LogP) is 1.45. The summed E-state index contributed by atoms with van der Waals surface area (Å²) in [5.74, 6) is 1.44. The lowest BCUT2D eigenvalue weighted by molar-refractivity contribution is -0.132. The second-order valence-corrected chi connectivity index (χ2v) is 6.68. The molecule has 8 nitrogen and oxygen atoms in total. The molecule has 4 rings (SSSR count). The van der Waals surface area contributed by atoms with Gasteiger partial charge in [-0.25, -0.2) is 4.68 Å². The van der Waals surface area contributed by atoms with Crippen LogP contribution < -0.4 is 0 Å². The molecule has 1 aliphatic rings. The fraction of sp³-hybridized carbons (Fsp3) is 0.368. The fourth-order valence-corrected chi connectivity index (χ4v) is 3.24. The molecule has 0 bridgehead atoms. The quantitative estimate of drug-likeness (QED) is 0.680. The Morgan fingerprint density at radius 3 is 2.56 bits per heavy atom. The number of carbonyl (C=O) groups is 1. The second-order valence-electron chi connectivity index (χ2n) is 6.68. The van der Waals surface area contributed by atoms with Gasteiger partial charge in [0.2, 0.25) is 11.8 Å². The predicted molar refractivity (Wildman–Crippen MR) is 98.2 cm³/mol. The van der Waals surface area contributed by atoms with E-state index in [2.05, 4.69) is 20.1 Å². The molecule has 8 heteroatoms. The summed E-state index contributed by atoms with van der Waals surface area (Å²) >= 11 is 0. The van der Waals surface area contributed by atoms with E-state index in [-0.39, 0.29) is 5.91 Å². The van der Waals surface area contributed by atoms with Gasteiger partial charge in [0.1, 0.15) is 0 Å². The second kappa shape index (κ2) is 7.71. The number of hydrogen-bond donors (Lipinski definition) is 0. The summed E-state index contributed by atoms with van der Waals surface area (Å²) in [7, 11) is 0. The van der Waals surface area contributed by atoms with E-state index < -0.39 is 0 Å². The number of piperazine rings is 1. The van der Waals surface area contributed by atoms with Gasteiger partial charge < -0.3 is 9.42 Å². The van der Waals surface area contributed by atoms with Crippen LogP contribution in [0.15, 0.2) is 47.2 Å². The Balaban J connectivity index is 1.28. The number of amides is 1. The lowest BCUT2D eigenvalue weighted by atomic mass is 10.1. The maximum Gasteiger partial charge on any atom is 0.227 e. The van der Waals surface area contributed by atoms with Gasteiger partial charge in [-0.3, -0.25) is 9.69 Å². The third kappa shape index (κ3) is 4.22. The molecule has 3 aromatic rings. The van der Waals surface area contributed by atoms with Crippen molar-refractivity contribution in [2.45, 2.75) is 19.9 Å². The van der Waals surface area contributed by atoms with Crippen LogP contribution in [-0.2, 0) is 17.8 Å². The van der Waals surface area contributed by atoms with Crippen molar-refractivity contribution in [2.75, 3.05) is 26.2 Å². The SMILES string of the molecule is Cc1nc(CN2CCN(C(=O)Cc3ccc(-n4cccn4)cc3)CC2)no1. The van der Waals surface area contributed by atoms with Crippen LogP contribution in [0.25, 0.3) is 5.69 Å². The molecule has 140 valence electrons. The van der Waals surface area contributed by atoms with Gasteiger partial charge in [-0.05, 0) is 23.8 Å². The molecule has 0 atom stereocenters. The van der Waals surface area contributed by atoms with Crippen molar-refractivity contribution in [1.82, 2.24) is 29.7 Å². The van der Waals surface area contributed by atoms with Crippen LogP contribution in [0.5, 0.6) is 0 Å². The maximum atomic E-state index is 12.6. The number of nitrogens with zero attached hydrogens (tertiary/aromatic N) is 6.